The van der Waals surface area contributed by atoms with Crippen LogP contribution in [0.3, 0.4) is 0 Å². The van der Waals surface area contributed by atoms with Gasteiger partial charge in [-0.2, -0.15) is 0 Å². The van der Waals surface area contributed by atoms with Crippen molar-refractivity contribution in [3.63, 3.8) is 0 Å². The summed E-state index contributed by atoms with van der Waals surface area (Å²) < 4.78 is 12.3. The number of epoxide rings is 1. The number of ether oxygens (including phenoxy) is 2. The quantitative estimate of drug-likeness (QED) is 0.393. The number of Topliss-reactive ketones (excluding diaryl/α,β-unsaturated/α-hetero) is 1. The molecule has 0 radical (unpaired) electrons. The molecule has 2 N–H and O–H groups in total. The van der Waals surface area contributed by atoms with Gasteiger partial charge >= 0.3 is 11.9 Å². The zero-order chi connectivity index (χ0) is 29.0. The van der Waals surface area contributed by atoms with Gasteiger partial charge in [-0.25, -0.2) is 0 Å². The minimum atomic E-state index is -1.22. The first-order chi connectivity index (χ1) is 18.7. The maximum Gasteiger partial charge on any atom is 0.322 e. The molecule has 6 fully saturated rings. The Morgan fingerprint density at radius 3 is 2.50 bits per heavy atom. The molecule has 224 valence electrons. The van der Waals surface area contributed by atoms with Crippen LogP contribution in [0.15, 0.2) is 0 Å². The van der Waals surface area contributed by atoms with Gasteiger partial charge in [0, 0.05) is 38.6 Å². The van der Waals surface area contributed by atoms with Crippen LogP contribution in [0.2, 0.25) is 0 Å². The predicted molar refractivity (Wildman–Crippen MR) is 143 cm³/mol. The predicted octanol–water partition coefficient (Wildman–Crippen LogP) is 3.19. The average Bonchev–Trinajstić information content (AvgIpc) is 3.35. The van der Waals surface area contributed by atoms with Gasteiger partial charge in [0.05, 0.1) is 12.1 Å². The Morgan fingerprint density at radius 1 is 1.10 bits per heavy atom. The highest BCUT2D eigenvalue weighted by Crippen LogP contribution is 2.77. The van der Waals surface area contributed by atoms with Crippen molar-refractivity contribution in [3.05, 3.63) is 0 Å². The van der Waals surface area contributed by atoms with Crippen LogP contribution in [-0.4, -0.2) is 74.6 Å². The van der Waals surface area contributed by atoms with Crippen LogP contribution in [0, 0.1) is 40.9 Å². The van der Waals surface area contributed by atoms with E-state index >= 15 is 0 Å². The normalized spacial score (nSPS) is 52.5. The first-order valence-electron chi connectivity index (χ1n) is 15.4. The van der Waals surface area contributed by atoms with E-state index in [-0.39, 0.29) is 46.9 Å². The lowest BCUT2D eigenvalue weighted by atomic mass is 9.51. The number of nitrogens with zero attached hydrogens (tertiary/aromatic N) is 1. The van der Waals surface area contributed by atoms with Crippen LogP contribution >= 0.6 is 0 Å². The number of carbonyl (C=O) groups excluding carboxylic acids is 3. The first-order valence-corrected chi connectivity index (χ1v) is 15.4. The number of esters is 1. The Hall–Kier alpha value is -1.55. The summed E-state index contributed by atoms with van der Waals surface area (Å²) in [6.07, 6.45) is 4.44. The molecule has 0 bridgehead atoms. The van der Waals surface area contributed by atoms with E-state index in [9.17, 15) is 24.6 Å². The molecule has 2 aliphatic heterocycles. The van der Waals surface area contributed by atoms with E-state index in [1.165, 1.54) is 13.8 Å². The maximum atomic E-state index is 13.6. The van der Waals surface area contributed by atoms with Crippen LogP contribution in [0.1, 0.15) is 92.9 Å². The summed E-state index contributed by atoms with van der Waals surface area (Å²) in [4.78, 5) is 42.7. The largest absolute Gasteiger partial charge is 0.463 e. The fourth-order valence-corrected chi connectivity index (χ4v) is 10.8. The van der Waals surface area contributed by atoms with Crippen LogP contribution < -0.4 is 0 Å². The van der Waals surface area contributed by atoms with E-state index < -0.39 is 40.8 Å². The second-order valence-electron chi connectivity index (χ2n) is 14.7. The van der Waals surface area contributed by atoms with Crippen molar-refractivity contribution in [2.24, 2.45) is 40.9 Å². The van der Waals surface area contributed by atoms with E-state index in [2.05, 4.69) is 6.92 Å². The molecular weight excluding hydrogens is 514 g/mol. The summed E-state index contributed by atoms with van der Waals surface area (Å²) in [5, 5.41) is 25.3. The number of ketones is 1. The molecule has 1 spiro atoms. The summed E-state index contributed by atoms with van der Waals surface area (Å²) in [5.41, 5.74) is -2.72. The number of piperidine rings is 1. The molecule has 7 unspecified atom stereocenters. The highest BCUT2D eigenvalue weighted by atomic mass is 16.7. The number of aliphatic hydroxyl groups excluding tert-OH is 1. The van der Waals surface area contributed by atoms with Crippen molar-refractivity contribution < 1.29 is 38.9 Å². The van der Waals surface area contributed by atoms with Gasteiger partial charge in [-0.3, -0.25) is 14.4 Å². The maximum absolute atomic E-state index is 13.6. The zero-order valence-electron chi connectivity index (χ0n) is 24.9. The van der Waals surface area contributed by atoms with Crippen LogP contribution in [0.25, 0.3) is 0 Å². The van der Waals surface area contributed by atoms with Crippen molar-refractivity contribution in [1.82, 2.24) is 5.06 Å². The Morgan fingerprint density at radius 2 is 1.82 bits per heavy atom. The first kappa shape index (κ1) is 28.6. The number of carbonyl (C=O) groups is 3. The number of aliphatic hydroxyl groups is 2. The molecular formula is C31H47NO8. The molecule has 40 heavy (non-hydrogen) atoms. The molecule has 0 amide bonds. The SMILES string of the molecule is CC(=O)O[C@H]1CC[C@@]2(C)[C@H](C1)C(=O)C[C@H]1[C@@H]3CCC(O)(C(C)C4C(O)CC(C)CN4OC(C)=O)C4(C)OC34C[C@@H]12. The van der Waals surface area contributed by atoms with Gasteiger partial charge in [-0.05, 0) is 81.0 Å². The van der Waals surface area contributed by atoms with Gasteiger partial charge < -0.3 is 24.5 Å². The molecule has 0 aromatic rings. The third-order valence-corrected chi connectivity index (χ3v) is 12.6. The number of hydrogen-bond donors (Lipinski definition) is 2. The van der Waals surface area contributed by atoms with Gasteiger partial charge in [0.25, 0.3) is 0 Å². The fraction of sp³-hybridized carbons (Fsp3) is 0.903. The lowest BCUT2D eigenvalue weighted by Crippen LogP contribution is -2.65. The van der Waals surface area contributed by atoms with Gasteiger partial charge in [0.15, 0.2) is 0 Å². The highest BCUT2D eigenvalue weighted by molar-refractivity contribution is 5.83. The molecule has 9 nitrogen and oxygen atoms in total. The summed E-state index contributed by atoms with van der Waals surface area (Å²) in [7, 11) is 0. The Bertz CT molecular complexity index is 1100. The van der Waals surface area contributed by atoms with E-state index in [4.69, 9.17) is 14.3 Å². The Labute approximate surface area is 237 Å². The Kier molecular flexibility index (Phi) is 6.59. The third kappa shape index (κ3) is 3.82. The lowest BCUT2D eigenvalue weighted by Gasteiger charge is -2.53. The minimum absolute atomic E-state index is 0.122. The van der Waals surface area contributed by atoms with Crippen molar-refractivity contribution in [3.8, 4) is 0 Å². The lowest BCUT2D eigenvalue weighted by molar-refractivity contribution is -0.249. The molecule has 2 heterocycles. The van der Waals surface area contributed by atoms with Gasteiger partial charge in [-0.1, -0.05) is 20.8 Å². The molecule has 0 aromatic heterocycles. The molecule has 4 saturated carbocycles. The second kappa shape index (κ2) is 9.22. The molecule has 4 aliphatic carbocycles. The van der Waals surface area contributed by atoms with Gasteiger partial charge in [0.2, 0.25) is 0 Å². The average molecular weight is 562 g/mol. The fourth-order valence-electron chi connectivity index (χ4n) is 10.8. The summed E-state index contributed by atoms with van der Waals surface area (Å²) in [6, 6.07) is -0.538. The monoisotopic (exact) mass is 561 g/mol. The van der Waals surface area contributed by atoms with Crippen molar-refractivity contribution in [2.45, 2.75) is 128 Å². The summed E-state index contributed by atoms with van der Waals surface area (Å²) in [6.45, 7) is 11.6. The van der Waals surface area contributed by atoms with Crippen molar-refractivity contribution >= 4 is 17.7 Å². The van der Waals surface area contributed by atoms with E-state index in [0.29, 0.717) is 38.1 Å². The van der Waals surface area contributed by atoms with Crippen molar-refractivity contribution in [1.29, 1.82) is 0 Å². The summed E-state index contributed by atoms with van der Waals surface area (Å²) in [5.74, 6) is -0.0988. The third-order valence-electron chi connectivity index (χ3n) is 12.6. The van der Waals surface area contributed by atoms with E-state index in [1.807, 2.05) is 20.8 Å². The number of hydroxylamine groups is 2. The molecule has 2 saturated heterocycles. The molecule has 0 aromatic carbocycles. The zero-order valence-corrected chi connectivity index (χ0v) is 24.9. The molecule has 13 atom stereocenters. The number of fused-ring (bicyclic) bond motifs is 4. The number of hydrogen-bond acceptors (Lipinski definition) is 9. The smallest absolute Gasteiger partial charge is 0.322 e. The standard InChI is InChI=1S/C31H47NO8/c1-16-11-26(36)27(32(15-16)39-19(4)34)17(2)30(37)10-8-22-21-13-25(35)23-12-20(38-18(3)33)7-9-28(23,5)24(21)14-31(22)29(30,6)40-31/h16-17,20-24,26-27,36-37H,7-15H2,1-6H3/t16?,17?,20-,21-,22-,23+,24-,26?,27?,28-,29?,30?,31?/m0/s1. The van der Waals surface area contributed by atoms with Crippen LogP contribution in [0.5, 0.6) is 0 Å². The molecule has 6 aliphatic rings. The van der Waals surface area contributed by atoms with E-state index in [0.717, 1.165) is 25.7 Å². The van der Waals surface area contributed by atoms with Crippen LogP contribution in [0.4, 0.5) is 0 Å². The van der Waals surface area contributed by atoms with Crippen LogP contribution in [-0.2, 0) is 28.7 Å². The highest BCUT2D eigenvalue weighted by Gasteiger charge is 2.85. The Balaban J connectivity index is 1.27. The molecule has 9 heteroatoms. The summed E-state index contributed by atoms with van der Waals surface area (Å²) >= 11 is 0. The van der Waals surface area contributed by atoms with Crippen molar-refractivity contribution in [2.75, 3.05) is 6.54 Å². The second-order valence-corrected chi connectivity index (χ2v) is 14.7. The van der Waals surface area contributed by atoms with E-state index in [1.54, 1.807) is 5.06 Å². The topological polar surface area (TPSA) is 126 Å². The van der Waals surface area contributed by atoms with Gasteiger partial charge in [-0.15, -0.1) is 5.06 Å². The minimum Gasteiger partial charge on any atom is -0.463 e. The number of rotatable bonds is 4. The molecule has 6 rings (SSSR count). The van der Waals surface area contributed by atoms with Gasteiger partial charge in [0.1, 0.15) is 28.7 Å².